The summed E-state index contributed by atoms with van der Waals surface area (Å²) in [5.41, 5.74) is 0.173. The molecule has 0 saturated carbocycles. The summed E-state index contributed by atoms with van der Waals surface area (Å²) in [5.74, 6) is 0. The van der Waals surface area contributed by atoms with Crippen molar-refractivity contribution in [3.05, 3.63) is 0 Å². The Hall–Kier alpha value is -0.370. The number of aliphatic imine (C=N–C) groups is 1. The standard InChI is InChI=1S/C8H17NO/c1-5-8(10,6-2)7(3)9-4/h10H,5-6H2,1-4H3/b9-7-. The molecule has 0 aliphatic carbocycles. The Morgan fingerprint density at radius 1 is 1.40 bits per heavy atom. The number of hydrogen-bond acceptors (Lipinski definition) is 2. The van der Waals surface area contributed by atoms with Crippen LogP contribution in [0.15, 0.2) is 4.99 Å². The molecule has 0 aromatic heterocycles. The van der Waals surface area contributed by atoms with Crippen LogP contribution in [0.4, 0.5) is 0 Å². The zero-order chi connectivity index (χ0) is 8.20. The second kappa shape index (κ2) is 3.71. The first-order valence-corrected chi connectivity index (χ1v) is 3.77. The summed E-state index contributed by atoms with van der Waals surface area (Å²) < 4.78 is 0. The number of aliphatic hydroxyl groups is 1. The van der Waals surface area contributed by atoms with Crippen molar-refractivity contribution in [2.75, 3.05) is 7.05 Å². The summed E-state index contributed by atoms with van der Waals surface area (Å²) in [4.78, 5) is 3.97. The molecule has 0 heterocycles. The highest BCUT2D eigenvalue weighted by Gasteiger charge is 2.24. The van der Waals surface area contributed by atoms with Gasteiger partial charge in [-0.15, -0.1) is 0 Å². The number of rotatable bonds is 3. The van der Waals surface area contributed by atoms with Gasteiger partial charge in [-0.1, -0.05) is 13.8 Å². The van der Waals surface area contributed by atoms with Gasteiger partial charge in [0, 0.05) is 12.8 Å². The number of nitrogens with zero attached hydrogens (tertiary/aromatic N) is 1. The highest BCUT2D eigenvalue weighted by molar-refractivity contribution is 5.89. The molecule has 0 amide bonds. The van der Waals surface area contributed by atoms with E-state index in [1.807, 2.05) is 20.8 Å². The van der Waals surface area contributed by atoms with Crippen LogP contribution in [0.25, 0.3) is 0 Å². The van der Waals surface area contributed by atoms with Gasteiger partial charge in [-0.3, -0.25) is 4.99 Å². The molecule has 1 N–H and O–H groups in total. The van der Waals surface area contributed by atoms with E-state index in [9.17, 15) is 5.11 Å². The van der Waals surface area contributed by atoms with E-state index in [1.165, 1.54) is 0 Å². The lowest BCUT2D eigenvalue weighted by atomic mass is 9.92. The summed E-state index contributed by atoms with van der Waals surface area (Å²) in [7, 11) is 1.71. The van der Waals surface area contributed by atoms with E-state index < -0.39 is 5.60 Å². The average molecular weight is 143 g/mol. The van der Waals surface area contributed by atoms with Crippen LogP contribution in [0.3, 0.4) is 0 Å². The normalized spacial score (nSPS) is 13.9. The maximum atomic E-state index is 9.77. The molecule has 0 radical (unpaired) electrons. The smallest absolute Gasteiger partial charge is 0.101 e. The molecule has 0 bridgehead atoms. The maximum absolute atomic E-state index is 9.77. The Bertz CT molecular complexity index is 125. The monoisotopic (exact) mass is 143 g/mol. The van der Waals surface area contributed by atoms with E-state index >= 15 is 0 Å². The minimum atomic E-state index is -0.658. The van der Waals surface area contributed by atoms with E-state index in [-0.39, 0.29) is 0 Å². The van der Waals surface area contributed by atoms with Crippen LogP contribution in [0.5, 0.6) is 0 Å². The highest BCUT2D eigenvalue weighted by Crippen LogP contribution is 2.16. The third kappa shape index (κ3) is 1.81. The summed E-state index contributed by atoms with van der Waals surface area (Å²) in [6, 6.07) is 0. The Morgan fingerprint density at radius 2 is 1.80 bits per heavy atom. The van der Waals surface area contributed by atoms with Crippen LogP contribution < -0.4 is 0 Å². The molecule has 2 nitrogen and oxygen atoms in total. The average Bonchev–Trinajstić information content (AvgIpc) is 2.01. The van der Waals surface area contributed by atoms with Crippen LogP contribution in [-0.2, 0) is 0 Å². The first-order chi connectivity index (χ1) is 4.60. The fourth-order valence-electron chi connectivity index (χ4n) is 0.970. The van der Waals surface area contributed by atoms with Gasteiger partial charge in [-0.2, -0.15) is 0 Å². The van der Waals surface area contributed by atoms with Gasteiger partial charge in [-0.05, 0) is 19.8 Å². The lowest BCUT2D eigenvalue weighted by Gasteiger charge is -2.24. The van der Waals surface area contributed by atoms with Crippen LogP contribution >= 0.6 is 0 Å². The second-order valence-corrected chi connectivity index (χ2v) is 2.55. The molecule has 0 aliphatic heterocycles. The molecule has 0 rings (SSSR count). The van der Waals surface area contributed by atoms with Crippen molar-refractivity contribution >= 4 is 5.71 Å². The molecule has 0 atom stereocenters. The largest absolute Gasteiger partial charge is 0.384 e. The van der Waals surface area contributed by atoms with Crippen molar-refractivity contribution in [3.63, 3.8) is 0 Å². The van der Waals surface area contributed by atoms with Crippen LogP contribution in [0.1, 0.15) is 33.6 Å². The van der Waals surface area contributed by atoms with Gasteiger partial charge >= 0.3 is 0 Å². The highest BCUT2D eigenvalue weighted by atomic mass is 16.3. The van der Waals surface area contributed by atoms with Crippen molar-refractivity contribution in [1.82, 2.24) is 0 Å². The van der Waals surface area contributed by atoms with E-state index in [2.05, 4.69) is 4.99 Å². The third-order valence-electron chi connectivity index (χ3n) is 2.18. The third-order valence-corrected chi connectivity index (χ3v) is 2.18. The lowest BCUT2D eigenvalue weighted by Crippen LogP contribution is -2.35. The Balaban J connectivity index is 4.32. The molecule has 0 aliphatic rings. The molecule has 0 unspecified atom stereocenters. The van der Waals surface area contributed by atoms with Crippen molar-refractivity contribution in [2.45, 2.75) is 39.2 Å². The first-order valence-electron chi connectivity index (χ1n) is 3.77. The minimum absolute atomic E-state index is 0.658. The molecule has 60 valence electrons. The van der Waals surface area contributed by atoms with Gasteiger partial charge in [-0.25, -0.2) is 0 Å². The Morgan fingerprint density at radius 3 is 1.90 bits per heavy atom. The van der Waals surface area contributed by atoms with Gasteiger partial charge in [0.05, 0.1) is 0 Å². The van der Waals surface area contributed by atoms with Gasteiger partial charge in [0.2, 0.25) is 0 Å². The summed E-state index contributed by atoms with van der Waals surface area (Å²) >= 11 is 0. The van der Waals surface area contributed by atoms with Gasteiger partial charge < -0.3 is 5.11 Å². The minimum Gasteiger partial charge on any atom is -0.384 e. The van der Waals surface area contributed by atoms with Crippen LogP contribution in [-0.4, -0.2) is 23.5 Å². The van der Waals surface area contributed by atoms with E-state index in [4.69, 9.17) is 0 Å². The predicted octanol–water partition coefficient (Wildman–Crippen LogP) is 1.63. The van der Waals surface area contributed by atoms with Gasteiger partial charge in [0.1, 0.15) is 5.60 Å². The molecular formula is C8H17NO. The zero-order valence-corrected chi connectivity index (χ0v) is 7.31. The predicted molar refractivity (Wildman–Crippen MR) is 44.6 cm³/mol. The first kappa shape index (κ1) is 9.63. The Kier molecular flexibility index (Phi) is 3.58. The van der Waals surface area contributed by atoms with Crippen molar-refractivity contribution in [3.8, 4) is 0 Å². The van der Waals surface area contributed by atoms with E-state index in [0.717, 1.165) is 18.6 Å². The van der Waals surface area contributed by atoms with E-state index in [1.54, 1.807) is 7.05 Å². The van der Waals surface area contributed by atoms with Gasteiger partial charge in [0.25, 0.3) is 0 Å². The zero-order valence-electron chi connectivity index (χ0n) is 7.31. The molecule has 0 saturated heterocycles. The van der Waals surface area contributed by atoms with Crippen molar-refractivity contribution in [1.29, 1.82) is 0 Å². The molecule has 0 spiro atoms. The Labute approximate surface area is 63.0 Å². The van der Waals surface area contributed by atoms with Gasteiger partial charge in [0.15, 0.2) is 0 Å². The maximum Gasteiger partial charge on any atom is 0.101 e. The van der Waals surface area contributed by atoms with Crippen molar-refractivity contribution in [2.24, 2.45) is 4.99 Å². The topological polar surface area (TPSA) is 32.6 Å². The summed E-state index contributed by atoms with van der Waals surface area (Å²) in [6.45, 7) is 5.81. The molecule has 10 heavy (non-hydrogen) atoms. The summed E-state index contributed by atoms with van der Waals surface area (Å²) in [6.07, 6.45) is 1.49. The fourth-order valence-corrected chi connectivity index (χ4v) is 0.970. The molecule has 2 heteroatoms. The van der Waals surface area contributed by atoms with Crippen molar-refractivity contribution < 1.29 is 5.11 Å². The van der Waals surface area contributed by atoms with Crippen LogP contribution in [0.2, 0.25) is 0 Å². The fraction of sp³-hybridized carbons (Fsp3) is 0.875. The molecule has 0 fully saturated rings. The molecular weight excluding hydrogens is 126 g/mol. The molecule has 0 aromatic carbocycles. The van der Waals surface area contributed by atoms with Crippen LogP contribution in [0, 0.1) is 0 Å². The van der Waals surface area contributed by atoms with E-state index in [0.29, 0.717) is 0 Å². The second-order valence-electron chi connectivity index (χ2n) is 2.55. The summed E-state index contributed by atoms with van der Waals surface area (Å²) in [5, 5.41) is 9.77. The lowest BCUT2D eigenvalue weighted by molar-refractivity contribution is 0.103. The molecule has 0 aromatic rings. The number of hydrogen-bond donors (Lipinski definition) is 1. The quantitative estimate of drug-likeness (QED) is 0.598. The SMILES string of the molecule is CCC(O)(CC)/C(C)=N\C.